The number of fused-ring (bicyclic) bond motifs is 8. The second-order valence-corrected chi connectivity index (χ2v) is 13.5. The minimum Gasteiger partial charge on any atom is -0.323 e. The molecule has 3 amide bonds. The number of amides is 3. The Labute approximate surface area is 230 Å². The first-order chi connectivity index (χ1) is 18.8. The van der Waals surface area contributed by atoms with Gasteiger partial charge in [-0.3, -0.25) is 14.5 Å². The molecule has 0 radical (unpaired) electrons. The number of aromatic nitrogens is 2. The third-order valence-electron chi connectivity index (χ3n) is 10.6. The standard InChI is InChI=1S/C31H41N5O3/c1-31(2)29(38)36(30(39)33-31)27-28(37)35(25-13-6-5-12-24(25)32-27)26-17-22-11-4-3-10-21(26)18-34(22)23-15-19-8-7-9-20(14-19)16-23/h5-6,12-13,19-23,26H,3-4,7-11,14-18H2,1-2H3,(H,33,39). The molecule has 8 rings (SSSR count). The Hall–Kier alpha value is -2.74. The van der Waals surface area contributed by atoms with E-state index in [9.17, 15) is 14.4 Å². The summed E-state index contributed by atoms with van der Waals surface area (Å²) in [5, 5.41) is 2.71. The molecule has 3 saturated heterocycles. The number of nitrogens with one attached hydrogen (secondary N) is 1. The number of imide groups is 1. The first kappa shape index (κ1) is 25.2. The van der Waals surface area contributed by atoms with Crippen LogP contribution in [0.1, 0.15) is 90.5 Å². The molecule has 4 bridgehead atoms. The van der Waals surface area contributed by atoms with E-state index in [-0.39, 0.29) is 17.4 Å². The monoisotopic (exact) mass is 531 g/mol. The van der Waals surface area contributed by atoms with Crippen LogP contribution in [0, 0.1) is 17.8 Å². The Kier molecular flexibility index (Phi) is 6.10. The predicted octanol–water partition coefficient (Wildman–Crippen LogP) is 5.01. The van der Waals surface area contributed by atoms with Crippen molar-refractivity contribution in [2.24, 2.45) is 17.8 Å². The van der Waals surface area contributed by atoms with Gasteiger partial charge in [-0.15, -0.1) is 0 Å². The summed E-state index contributed by atoms with van der Waals surface area (Å²) in [7, 11) is 0. The molecule has 6 fully saturated rings. The molecular formula is C31H41N5O3. The number of rotatable bonds is 3. The molecule has 1 aromatic carbocycles. The topological polar surface area (TPSA) is 87.5 Å². The van der Waals surface area contributed by atoms with Crippen LogP contribution in [0.2, 0.25) is 0 Å². The number of carbonyl (C=O) groups excluding carboxylic acids is 2. The molecule has 4 heterocycles. The average Bonchev–Trinajstić information content (AvgIpc) is 3.09. The van der Waals surface area contributed by atoms with Gasteiger partial charge in [0.05, 0.1) is 11.0 Å². The van der Waals surface area contributed by atoms with Crippen LogP contribution < -0.4 is 15.8 Å². The third-order valence-corrected chi connectivity index (χ3v) is 10.6. The zero-order valence-corrected chi connectivity index (χ0v) is 23.3. The number of hydrogen-bond acceptors (Lipinski definition) is 5. The third kappa shape index (κ3) is 4.21. The highest BCUT2D eigenvalue weighted by atomic mass is 16.2. The van der Waals surface area contributed by atoms with E-state index < -0.39 is 17.5 Å². The molecule has 0 spiro atoms. The van der Waals surface area contributed by atoms with Crippen molar-refractivity contribution in [1.29, 1.82) is 0 Å². The molecule has 5 atom stereocenters. The lowest BCUT2D eigenvalue weighted by Gasteiger charge is -2.53. The van der Waals surface area contributed by atoms with Gasteiger partial charge in [-0.1, -0.05) is 44.2 Å². The summed E-state index contributed by atoms with van der Waals surface area (Å²) < 4.78 is 1.92. The molecule has 8 nitrogen and oxygen atoms in total. The first-order valence-corrected chi connectivity index (χ1v) is 15.2. The highest BCUT2D eigenvalue weighted by Gasteiger charge is 2.48. The van der Waals surface area contributed by atoms with E-state index in [0.29, 0.717) is 23.5 Å². The molecular weight excluding hydrogens is 490 g/mol. The average molecular weight is 532 g/mol. The normalized spacial score (nSPS) is 34.7. The van der Waals surface area contributed by atoms with Crippen molar-refractivity contribution in [2.75, 3.05) is 11.4 Å². The van der Waals surface area contributed by atoms with Crippen molar-refractivity contribution < 1.29 is 9.59 Å². The minimum atomic E-state index is -1.07. The number of benzene rings is 1. The molecule has 3 aliphatic heterocycles. The lowest BCUT2D eigenvalue weighted by Crippen LogP contribution is -2.56. The van der Waals surface area contributed by atoms with E-state index in [4.69, 9.17) is 0 Å². The van der Waals surface area contributed by atoms with E-state index in [0.717, 1.165) is 41.6 Å². The van der Waals surface area contributed by atoms with Gasteiger partial charge in [-0.2, -0.15) is 0 Å². The van der Waals surface area contributed by atoms with Gasteiger partial charge in [-0.25, -0.2) is 14.7 Å². The maximum atomic E-state index is 14.3. The van der Waals surface area contributed by atoms with Crippen LogP contribution >= 0.6 is 0 Å². The highest BCUT2D eigenvalue weighted by molar-refractivity contribution is 6.22. The Morgan fingerprint density at radius 3 is 2.36 bits per heavy atom. The number of anilines is 1. The summed E-state index contributed by atoms with van der Waals surface area (Å²) in [6.07, 6.45) is 14.0. The van der Waals surface area contributed by atoms with Crippen LogP contribution in [-0.4, -0.2) is 50.6 Å². The van der Waals surface area contributed by atoms with Crippen LogP contribution in [0.15, 0.2) is 29.1 Å². The summed E-state index contributed by atoms with van der Waals surface area (Å²) in [4.78, 5) is 48.8. The molecule has 3 saturated carbocycles. The van der Waals surface area contributed by atoms with Crippen molar-refractivity contribution in [2.45, 2.75) is 108 Å². The summed E-state index contributed by atoms with van der Waals surface area (Å²) >= 11 is 0. The zero-order chi connectivity index (χ0) is 26.9. The maximum Gasteiger partial charge on any atom is 0.331 e. The van der Waals surface area contributed by atoms with Crippen molar-refractivity contribution >= 4 is 28.8 Å². The lowest BCUT2D eigenvalue weighted by atomic mass is 9.68. The second kappa shape index (κ2) is 9.43. The quantitative estimate of drug-likeness (QED) is 0.563. The highest BCUT2D eigenvalue weighted by Crippen LogP contribution is 2.46. The fraction of sp³-hybridized carbons (Fsp3) is 0.677. The van der Waals surface area contributed by atoms with Crippen LogP contribution in [0.25, 0.3) is 11.0 Å². The summed E-state index contributed by atoms with van der Waals surface area (Å²) in [5.41, 5.74) is 0.0458. The molecule has 8 heteroatoms. The van der Waals surface area contributed by atoms with Gasteiger partial charge in [0.25, 0.3) is 11.5 Å². The van der Waals surface area contributed by atoms with Gasteiger partial charge in [0.15, 0.2) is 0 Å². The summed E-state index contributed by atoms with van der Waals surface area (Å²) in [6.45, 7) is 4.36. The largest absolute Gasteiger partial charge is 0.331 e. The minimum absolute atomic E-state index is 0.0302. The van der Waals surface area contributed by atoms with Crippen molar-refractivity contribution in [1.82, 2.24) is 19.8 Å². The number of urea groups is 1. The van der Waals surface area contributed by atoms with Crippen LogP contribution in [0.3, 0.4) is 0 Å². The second-order valence-electron chi connectivity index (χ2n) is 13.5. The van der Waals surface area contributed by atoms with Gasteiger partial charge >= 0.3 is 6.03 Å². The van der Waals surface area contributed by atoms with Crippen LogP contribution in [-0.2, 0) is 4.79 Å². The van der Waals surface area contributed by atoms with Crippen molar-refractivity contribution in [3.63, 3.8) is 0 Å². The van der Waals surface area contributed by atoms with Gasteiger partial charge < -0.3 is 9.88 Å². The van der Waals surface area contributed by atoms with E-state index in [1.54, 1.807) is 13.8 Å². The fourth-order valence-corrected chi connectivity index (χ4v) is 8.79. The first-order valence-electron chi connectivity index (χ1n) is 15.2. The number of nitrogens with zero attached hydrogens (tertiary/aromatic N) is 4. The Bertz CT molecular complexity index is 1360. The molecule has 39 heavy (non-hydrogen) atoms. The van der Waals surface area contributed by atoms with Crippen LogP contribution in [0.4, 0.5) is 10.6 Å². The van der Waals surface area contributed by atoms with Gasteiger partial charge in [0, 0.05) is 24.7 Å². The Morgan fingerprint density at radius 1 is 0.872 bits per heavy atom. The van der Waals surface area contributed by atoms with Gasteiger partial charge in [0.1, 0.15) is 5.54 Å². The Morgan fingerprint density at radius 2 is 1.62 bits per heavy atom. The van der Waals surface area contributed by atoms with E-state index >= 15 is 0 Å². The molecule has 1 N–H and O–H groups in total. The SMILES string of the molecule is CC1(C)NC(=O)N(c2nc3ccccc3n(C3CC4CCCCC3CN4C3CC4CCCC(C4)C3)c2=O)C1=O. The zero-order valence-electron chi connectivity index (χ0n) is 23.3. The molecule has 6 aliphatic rings. The van der Waals surface area contributed by atoms with Crippen LogP contribution in [0.5, 0.6) is 0 Å². The molecule has 2 aromatic rings. The lowest BCUT2D eigenvalue weighted by molar-refractivity contribution is -0.121. The summed E-state index contributed by atoms with van der Waals surface area (Å²) in [6, 6.07) is 8.29. The van der Waals surface area contributed by atoms with Gasteiger partial charge in [0.2, 0.25) is 5.82 Å². The molecule has 5 unspecified atom stereocenters. The van der Waals surface area contributed by atoms with Crippen molar-refractivity contribution in [3.8, 4) is 0 Å². The predicted molar refractivity (Wildman–Crippen MR) is 151 cm³/mol. The molecule has 208 valence electrons. The number of para-hydroxylation sites is 2. The molecule has 3 aliphatic carbocycles. The maximum absolute atomic E-state index is 14.3. The fourth-order valence-electron chi connectivity index (χ4n) is 8.79. The summed E-state index contributed by atoms with van der Waals surface area (Å²) in [5.74, 6) is 1.64. The van der Waals surface area contributed by atoms with Gasteiger partial charge in [-0.05, 0) is 82.3 Å². The molecule has 1 aromatic heterocycles. The van der Waals surface area contributed by atoms with E-state index in [1.165, 1.54) is 57.8 Å². The van der Waals surface area contributed by atoms with E-state index in [1.807, 2.05) is 28.8 Å². The van der Waals surface area contributed by atoms with Crippen molar-refractivity contribution in [3.05, 3.63) is 34.6 Å². The number of hydrogen-bond donors (Lipinski definition) is 1. The number of carbonyl (C=O) groups is 2. The number of piperidine rings is 1. The smallest absolute Gasteiger partial charge is 0.323 e. The van der Waals surface area contributed by atoms with E-state index in [2.05, 4.69) is 15.2 Å². The Balaban J connectivity index is 1.28.